The lowest BCUT2D eigenvalue weighted by molar-refractivity contribution is -0.146. The summed E-state index contributed by atoms with van der Waals surface area (Å²) in [6.45, 7) is 3.93. The zero-order valence-electron chi connectivity index (χ0n) is 11.6. The van der Waals surface area contributed by atoms with Crippen LogP contribution in [0.2, 0.25) is 0 Å². The molecule has 0 radical (unpaired) electrons. The Bertz CT molecular complexity index is 720. The molecule has 0 bridgehead atoms. The highest BCUT2D eigenvalue weighted by Gasteiger charge is 2.50. The second kappa shape index (κ2) is 4.71. The minimum Gasteiger partial charge on any atom is -0.383 e. The van der Waals surface area contributed by atoms with Crippen molar-refractivity contribution in [3.8, 4) is 0 Å². The summed E-state index contributed by atoms with van der Waals surface area (Å²) in [6, 6.07) is 0. The van der Waals surface area contributed by atoms with Crippen molar-refractivity contribution in [3.05, 3.63) is 16.1 Å². The third-order valence-electron chi connectivity index (χ3n) is 3.80. The number of nitrogen functional groups attached to an aromatic ring is 1. The van der Waals surface area contributed by atoms with Crippen molar-refractivity contribution in [1.82, 2.24) is 14.5 Å². The average molecular weight is 418 g/mol. The van der Waals surface area contributed by atoms with Crippen LogP contribution in [0.1, 0.15) is 19.2 Å². The molecule has 4 heterocycles. The zero-order valence-corrected chi connectivity index (χ0v) is 14.6. The van der Waals surface area contributed by atoms with Gasteiger partial charge in [0.2, 0.25) is 0 Å². The number of aromatic nitrogens is 3. The predicted octanol–water partition coefficient (Wildman–Crippen LogP) is 2.38. The van der Waals surface area contributed by atoms with Gasteiger partial charge in [-0.1, -0.05) is 0 Å². The number of hydrogen-bond acceptors (Lipinski definition) is 6. The lowest BCUT2D eigenvalue weighted by Crippen LogP contribution is -2.26. The largest absolute Gasteiger partial charge is 0.383 e. The first-order chi connectivity index (χ1) is 9.96. The van der Waals surface area contributed by atoms with Crippen LogP contribution in [0.3, 0.4) is 0 Å². The number of anilines is 1. The summed E-state index contributed by atoms with van der Waals surface area (Å²) < 4.78 is 15.2. The highest BCUT2D eigenvalue weighted by molar-refractivity contribution is 14.1. The second-order valence-corrected chi connectivity index (χ2v) is 8.02. The summed E-state index contributed by atoms with van der Waals surface area (Å²) >= 11 is 4.11. The van der Waals surface area contributed by atoms with E-state index in [1.807, 2.05) is 25.6 Å². The number of thioether (sulfide) groups is 1. The standard InChI is InChI=1S/C13H15IN4O2S/c1-13(2)19-7-4-21-12(9(7)20-13)18-3-6(14)8-10(15)16-5-17-11(8)18/h3,5,7,9,12H,4H2,1-2H3,(H2,15,16,17)/t7-,9-,12-/m1/s1. The zero-order chi connectivity index (χ0) is 14.8. The van der Waals surface area contributed by atoms with E-state index >= 15 is 0 Å². The van der Waals surface area contributed by atoms with Crippen LogP contribution in [-0.4, -0.2) is 38.3 Å². The smallest absolute Gasteiger partial charge is 0.163 e. The molecule has 0 aromatic carbocycles. The van der Waals surface area contributed by atoms with Crippen molar-refractivity contribution in [2.75, 3.05) is 11.5 Å². The minimum absolute atomic E-state index is 0.0348. The van der Waals surface area contributed by atoms with Gasteiger partial charge >= 0.3 is 0 Å². The van der Waals surface area contributed by atoms with Crippen LogP contribution in [0.25, 0.3) is 11.0 Å². The fourth-order valence-electron chi connectivity index (χ4n) is 3.02. The maximum atomic E-state index is 6.09. The van der Waals surface area contributed by atoms with Crippen LogP contribution in [0.15, 0.2) is 12.5 Å². The Kier molecular flexibility index (Phi) is 3.15. The molecule has 0 unspecified atom stereocenters. The van der Waals surface area contributed by atoms with E-state index in [0.29, 0.717) is 5.82 Å². The molecule has 8 heteroatoms. The molecule has 3 atom stereocenters. The quantitative estimate of drug-likeness (QED) is 0.717. The third kappa shape index (κ3) is 2.14. The molecule has 112 valence electrons. The van der Waals surface area contributed by atoms with E-state index in [9.17, 15) is 0 Å². The summed E-state index contributed by atoms with van der Waals surface area (Å²) in [6.07, 6.45) is 3.75. The maximum Gasteiger partial charge on any atom is 0.163 e. The number of rotatable bonds is 1. The van der Waals surface area contributed by atoms with E-state index in [-0.39, 0.29) is 17.6 Å². The van der Waals surface area contributed by atoms with E-state index < -0.39 is 5.79 Å². The highest BCUT2D eigenvalue weighted by Crippen LogP contribution is 2.48. The second-order valence-electron chi connectivity index (χ2n) is 5.70. The molecule has 2 aliphatic rings. The van der Waals surface area contributed by atoms with Crippen LogP contribution < -0.4 is 5.73 Å². The number of nitrogens with two attached hydrogens (primary N) is 1. The SMILES string of the molecule is CC1(C)O[C@H]2[C@H](n3cc(I)c4c(N)ncnc43)SC[C@H]2O1. The summed E-state index contributed by atoms with van der Waals surface area (Å²) in [5, 5.41) is 1.07. The topological polar surface area (TPSA) is 75.2 Å². The fraction of sp³-hybridized carbons (Fsp3) is 0.538. The van der Waals surface area contributed by atoms with Gasteiger partial charge in [-0.25, -0.2) is 9.97 Å². The van der Waals surface area contributed by atoms with Crippen molar-refractivity contribution in [2.24, 2.45) is 0 Å². The molecule has 21 heavy (non-hydrogen) atoms. The molecule has 2 N–H and O–H groups in total. The van der Waals surface area contributed by atoms with Gasteiger partial charge in [-0.15, -0.1) is 11.8 Å². The number of nitrogens with zero attached hydrogens (tertiary/aromatic N) is 3. The Hall–Kier alpha value is -0.580. The Morgan fingerprint density at radius 1 is 1.43 bits per heavy atom. The molecule has 0 spiro atoms. The van der Waals surface area contributed by atoms with Gasteiger partial charge in [0.25, 0.3) is 0 Å². The van der Waals surface area contributed by atoms with Gasteiger partial charge in [-0.05, 0) is 36.4 Å². The predicted molar refractivity (Wildman–Crippen MR) is 90.0 cm³/mol. The Morgan fingerprint density at radius 2 is 2.24 bits per heavy atom. The van der Waals surface area contributed by atoms with E-state index in [2.05, 4.69) is 43.3 Å². The normalized spacial score (nSPS) is 30.9. The molecular weight excluding hydrogens is 403 g/mol. The van der Waals surface area contributed by atoms with Gasteiger partial charge < -0.3 is 19.8 Å². The molecular formula is C13H15IN4O2S. The number of hydrogen-bond donors (Lipinski definition) is 1. The Balaban J connectivity index is 1.80. The van der Waals surface area contributed by atoms with Crippen molar-refractivity contribution < 1.29 is 9.47 Å². The van der Waals surface area contributed by atoms with Crippen LogP contribution in [0.5, 0.6) is 0 Å². The fourth-order valence-corrected chi connectivity index (χ4v) is 5.22. The van der Waals surface area contributed by atoms with Gasteiger partial charge in [-0.3, -0.25) is 0 Å². The van der Waals surface area contributed by atoms with Crippen molar-refractivity contribution >= 4 is 51.2 Å². The monoisotopic (exact) mass is 418 g/mol. The lowest BCUT2D eigenvalue weighted by Gasteiger charge is -2.22. The molecule has 0 aliphatic carbocycles. The van der Waals surface area contributed by atoms with Crippen molar-refractivity contribution in [3.63, 3.8) is 0 Å². The van der Waals surface area contributed by atoms with E-state index in [1.165, 1.54) is 6.33 Å². The van der Waals surface area contributed by atoms with Crippen molar-refractivity contribution in [1.29, 1.82) is 0 Å². The first-order valence-electron chi connectivity index (χ1n) is 6.70. The van der Waals surface area contributed by atoms with Gasteiger partial charge in [0, 0.05) is 15.5 Å². The number of fused-ring (bicyclic) bond motifs is 2. The Morgan fingerprint density at radius 3 is 3.05 bits per heavy atom. The molecule has 2 aliphatic heterocycles. The summed E-state index contributed by atoms with van der Waals surface area (Å²) in [5.74, 6) is 0.931. The number of ether oxygens (including phenoxy) is 2. The van der Waals surface area contributed by atoms with Crippen LogP contribution >= 0.6 is 34.4 Å². The van der Waals surface area contributed by atoms with Crippen LogP contribution in [-0.2, 0) is 9.47 Å². The lowest BCUT2D eigenvalue weighted by atomic mass is 10.2. The maximum absolute atomic E-state index is 6.09. The van der Waals surface area contributed by atoms with Gasteiger partial charge in [-0.2, -0.15) is 0 Å². The molecule has 2 fully saturated rings. The summed E-state index contributed by atoms with van der Waals surface area (Å²) in [4.78, 5) is 8.50. The Labute approximate surface area is 139 Å². The summed E-state index contributed by atoms with van der Waals surface area (Å²) in [7, 11) is 0. The minimum atomic E-state index is -0.515. The highest BCUT2D eigenvalue weighted by atomic mass is 127. The third-order valence-corrected chi connectivity index (χ3v) is 5.98. The van der Waals surface area contributed by atoms with E-state index in [4.69, 9.17) is 15.2 Å². The molecule has 0 amide bonds. The molecule has 2 aromatic rings. The molecule has 2 saturated heterocycles. The molecule has 4 rings (SSSR count). The van der Waals surface area contributed by atoms with Crippen LogP contribution in [0.4, 0.5) is 5.82 Å². The van der Waals surface area contributed by atoms with Gasteiger partial charge in [0.15, 0.2) is 5.79 Å². The summed E-state index contributed by atoms with van der Waals surface area (Å²) in [5.41, 5.74) is 6.85. The molecule has 6 nitrogen and oxygen atoms in total. The number of halogens is 1. The van der Waals surface area contributed by atoms with E-state index in [1.54, 1.807) is 0 Å². The van der Waals surface area contributed by atoms with Gasteiger partial charge in [0.1, 0.15) is 29.3 Å². The first kappa shape index (κ1) is 14.0. The average Bonchev–Trinajstić information content (AvgIpc) is 3.00. The van der Waals surface area contributed by atoms with Crippen molar-refractivity contribution in [2.45, 2.75) is 37.2 Å². The van der Waals surface area contributed by atoms with Crippen LogP contribution in [0, 0.1) is 3.57 Å². The molecule has 2 aromatic heterocycles. The molecule has 0 saturated carbocycles. The van der Waals surface area contributed by atoms with Gasteiger partial charge in [0.05, 0.1) is 11.5 Å². The first-order valence-corrected chi connectivity index (χ1v) is 8.83. The van der Waals surface area contributed by atoms with E-state index in [0.717, 1.165) is 20.4 Å².